The Morgan fingerprint density at radius 1 is 1.28 bits per heavy atom. The maximum Gasteiger partial charge on any atom is 0.413 e. The van der Waals surface area contributed by atoms with Gasteiger partial charge in [-0.2, -0.15) is 18.3 Å². The van der Waals surface area contributed by atoms with Crippen molar-refractivity contribution >= 4 is 40.4 Å². The second-order valence-corrected chi connectivity index (χ2v) is 9.68. The van der Waals surface area contributed by atoms with Gasteiger partial charge in [-0.05, 0) is 24.1 Å². The molecule has 3 aromatic rings. The fraction of sp³-hybridized carbons (Fsp3) is 0.417. The topological polar surface area (TPSA) is 82.8 Å². The molecule has 0 unspecified atom stereocenters. The number of amides is 2. The van der Waals surface area contributed by atoms with E-state index in [0.717, 1.165) is 24.8 Å². The molecule has 4 heterocycles. The third kappa shape index (κ3) is 4.25. The Morgan fingerprint density at radius 3 is 2.64 bits per heavy atom. The van der Waals surface area contributed by atoms with Crippen LogP contribution in [0.4, 0.5) is 24.5 Å². The lowest BCUT2D eigenvalue weighted by atomic mass is 9.96. The molecule has 1 aromatic carbocycles. The maximum atomic E-state index is 14.1. The first-order valence-electron chi connectivity index (χ1n) is 11.6. The second kappa shape index (κ2) is 8.95. The molecule has 1 saturated heterocycles. The van der Waals surface area contributed by atoms with Gasteiger partial charge in [0.25, 0.3) is 0 Å². The lowest BCUT2D eigenvalue weighted by Crippen LogP contribution is -2.43. The van der Waals surface area contributed by atoms with Gasteiger partial charge in [-0.3, -0.25) is 9.59 Å². The Bertz CT molecular complexity index is 1330. The number of hydrogen-bond donors (Lipinski definition) is 1. The summed E-state index contributed by atoms with van der Waals surface area (Å²) in [6.45, 7) is 2.78. The molecule has 0 radical (unpaired) electrons. The second-order valence-electron chi connectivity index (χ2n) is 9.30. The number of rotatable bonds is 4. The standard InChI is InChI=1S/C24H24ClF3N6O2/c1-13-7-8-33(17-12-29-19-10-18(25)31-34(19)21(13)17)16-5-3-14(4-6-16)22(24(26,27)28)32(2)23(36)15-9-20(35)30-11-15/h3-6,10,12-13,15,22H,7-9,11H2,1-2H3,(H,30,35)/t13-,15+,22+/m1/s1. The normalized spacial score (nSPS) is 20.8. The monoisotopic (exact) mass is 520 g/mol. The summed E-state index contributed by atoms with van der Waals surface area (Å²) in [7, 11) is 1.13. The van der Waals surface area contributed by atoms with Gasteiger partial charge in [0.15, 0.2) is 16.8 Å². The van der Waals surface area contributed by atoms with E-state index in [4.69, 9.17) is 11.6 Å². The molecule has 2 aliphatic rings. The first kappa shape index (κ1) is 24.4. The average Bonchev–Trinajstić information content (AvgIpc) is 3.43. The number of anilines is 2. The number of carbonyl (C=O) groups excluding carboxylic acids is 2. The Kier molecular flexibility index (Phi) is 6.06. The highest BCUT2D eigenvalue weighted by atomic mass is 35.5. The molecule has 8 nitrogen and oxygen atoms in total. The zero-order chi connectivity index (χ0) is 25.8. The van der Waals surface area contributed by atoms with Crippen molar-refractivity contribution < 1.29 is 22.8 Å². The van der Waals surface area contributed by atoms with Gasteiger partial charge in [-0.15, -0.1) is 0 Å². The number of nitrogens with one attached hydrogen (secondary N) is 1. The van der Waals surface area contributed by atoms with Crippen LogP contribution < -0.4 is 10.2 Å². The predicted molar refractivity (Wildman–Crippen MR) is 127 cm³/mol. The Hall–Kier alpha value is -3.34. The molecule has 2 aliphatic heterocycles. The third-order valence-electron chi connectivity index (χ3n) is 6.91. The molecular weight excluding hydrogens is 497 g/mol. The molecule has 12 heteroatoms. The van der Waals surface area contributed by atoms with Crippen LogP contribution in [0.5, 0.6) is 0 Å². The smallest absolute Gasteiger partial charge is 0.355 e. The molecule has 36 heavy (non-hydrogen) atoms. The number of hydrogen-bond acceptors (Lipinski definition) is 5. The zero-order valence-corrected chi connectivity index (χ0v) is 20.3. The van der Waals surface area contributed by atoms with Gasteiger partial charge in [0.2, 0.25) is 11.8 Å². The van der Waals surface area contributed by atoms with Crippen LogP contribution in [-0.2, 0) is 9.59 Å². The summed E-state index contributed by atoms with van der Waals surface area (Å²) >= 11 is 6.08. The minimum Gasteiger partial charge on any atom is -0.355 e. The molecule has 0 bridgehead atoms. The summed E-state index contributed by atoms with van der Waals surface area (Å²) in [5.74, 6) is -1.68. The summed E-state index contributed by atoms with van der Waals surface area (Å²) in [6, 6.07) is 5.57. The minimum absolute atomic E-state index is 0.0427. The number of aromatic nitrogens is 3. The van der Waals surface area contributed by atoms with Gasteiger partial charge < -0.3 is 15.1 Å². The molecule has 0 aliphatic carbocycles. The minimum atomic E-state index is -4.69. The third-order valence-corrected chi connectivity index (χ3v) is 7.09. The molecule has 1 N–H and O–H groups in total. The van der Waals surface area contributed by atoms with Crippen molar-refractivity contribution in [2.45, 2.75) is 37.9 Å². The van der Waals surface area contributed by atoms with Gasteiger partial charge in [0.1, 0.15) is 0 Å². The number of halogens is 4. The Balaban J connectivity index is 1.46. The largest absolute Gasteiger partial charge is 0.413 e. The molecule has 5 rings (SSSR count). The molecule has 2 aromatic heterocycles. The van der Waals surface area contributed by atoms with Crippen LogP contribution in [-0.4, -0.2) is 57.6 Å². The van der Waals surface area contributed by atoms with E-state index in [0.29, 0.717) is 27.9 Å². The highest BCUT2D eigenvalue weighted by Gasteiger charge is 2.47. The fourth-order valence-corrected chi connectivity index (χ4v) is 5.27. The van der Waals surface area contributed by atoms with E-state index in [1.54, 1.807) is 28.9 Å². The van der Waals surface area contributed by atoms with Crippen molar-refractivity contribution in [3.8, 4) is 0 Å². The van der Waals surface area contributed by atoms with Gasteiger partial charge in [0.05, 0.1) is 23.5 Å². The van der Waals surface area contributed by atoms with E-state index in [9.17, 15) is 22.8 Å². The molecule has 3 atom stereocenters. The predicted octanol–water partition coefficient (Wildman–Crippen LogP) is 4.23. The molecule has 2 amide bonds. The highest BCUT2D eigenvalue weighted by molar-refractivity contribution is 6.29. The molecule has 1 fully saturated rings. The summed E-state index contributed by atoms with van der Waals surface area (Å²) < 4.78 is 44.0. The summed E-state index contributed by atoms with van der Waals surface area (Å²) in [5, 5.41) is 7.18. The van der Waals surface area contributed by atoms with Crippen LogP contribution in [0.2, 0.25) is 5.15 Å². The number of nitrogens with zero attached hydrogens (tertiary/aromatic N) is 5. The van der Waals surface area contributed by atoms with Crippen molar-refractivity contribution in [1.29, 1.82) is 0 Å². The summed E-state index contributed by atoms with van der Waals surface area (Å²) in [5.41, 5.74) is 3.01. The van der Waals surface area contributed by atoms with Crippen LogP contribution in [0.15, 0.2) is 36.5 Å². The van der Waals surface area contributed by atoms with Crippen LogP contribution in [0.1, 0.15) is 43.0 Å². The van der Waals surface area contributed by atoms with Gasteiger partial charge in [-0.1, -0.05) is 30.7 Å². The van der Waals surface area contributed by atoms with Crippen LogP contribution in [0.25, 0.3) is 5.65 Å². The van der Waals surface area contributed by atoms with Crippen molar-refractivity contribution in [2.24, 2.45) is 5.92 Å². The van der Waals surface area contributed by atoms with Crippen molar-refractivity contribution in [3.63, 3.8) is 0 Å². The molecule has 0 spiro atoms. The highest BCUT2D eigenvalue weighted by Crippen LogP contribution is 2.41. The summed E-state index contributed by atoms with van der Waals surface area (Å²) in [4.78, 5) is 31.3. The first-order chi connectivity index (χ1) is 17.0. The fourth-order valence-electron chi connectivity index (χ4n) is 5.10. The Labute approximate surface area is 210 Å². The first-order valence-corrected chi connectivity index (χ1v) is 11.9. The van der Waals surface area contributed by atoms with E-state index in [2.05, 4.69) is 22.3 Å². The van der Waals surface area contributed by atoms with E-state index >= 15 is 0 Å². The van der Waals surface area contributed by atoms with Gasteiger partial charge in [0, 0.05) is 44.2 Å². The number of benzene rings is 1. The lowest BCUT2D eigenvalue weighted by molar-refractivity contribution is -0.190. The molecule has 0 saturated carbocycles. The van der Waals surface area contributed by atoms with E-state index in [1.807, 2.05) is 4.90 Å². The van der Waals surface area contributed by atoms with Crippen LogP contribution >= 0.6 is 11.6 Å². The lowest BCUT2D eigenvalue weighted by Gasteiger charge is -2.35. The van der Waals surface area contributed by atoms with Crippen LogP contribution in [0, 0.1) is 5.92 Å². The Morgan fingerprint density at radius 2 is 2.00 bits per heavy atom. The van der Waals surface area contributed by atoms with Gasteiger partial charge in [-0.25, -0.2) is 9.50 Å². The van der Waals surface area contributed by atoms with Crippen LogP contribution in [0.3, 0.4) is 0 Å². The maximum absolute atomic E-state index is 14.1. The average molecular weight is 521 g/mol. The van der Waals surface area contributed by atoms with Crippen molar-refractivity contribution in [1.82, 2.24) is 24.8 Å². The van der Waals surface area contributed by atoms with E-state index in [1.165, 1.54) is 12.1 Å². The zero-order valence-electron chi connectivity index (χ0n) is 19.6. The van der Waals surface area contributed by atoms with Crippen molar-refractivity contribution in [3.05, 3.63) is 52.9 Å². The van der Waals surface area contributed by atoms with Crippen molar-refractivity contribution in [2.75, 3.05) is 25.0 Å². The number of carbonyl (C=O) groups is 2. The number of alkyl halides is 3. The molecule has 190 valence electrons. The number of fused-ring (bicyclic) bond motifs is 3. The quantitative estimate of drug-likeness (QED) is 0.557. The van der Waals surface area contributed by atoms with E-state index in [-0.39, 0.29) is 30.4 Å². The molecular formula is C24H24ClF3N6O2. The SMILES string of the molecule is C[C@@H]1CCN(c2ccc([C@H](N(C)C(=O)[C@@H]3CNC(=O)C3)C(F)(F)F)cc2)c2cnc3cc(Cl)nn3c21. The summed E-state index contributed by atoms with van der Waals surface area (Å²) in [6.07, 6.45) is -2.26. The van der Waals surface area contributed by atoms with E-state index < -0.39 is 24.0 Å². The van der Waals surface area contributed by atoms with Gasteiger partial charge >= 0.3 is 6.18 Å².